The van der Waals surface area contributed by atoms with Crippen LogP contribution in [-0.2, 0) is 9.53 Å². The summed E-state index contributed by atoms with van der Waals surface area (Å²) in [6, 6.07) is 4.63. The van der Waals surface area contributed by atoms with Crippen LogP contribution in [0.2, 0.25) is 0 Å². The first-order valence-corrected chi connectivity index (χ1v) is 9.00. The van der Waals surface area contributed by atoms with Gasteiger partial charge in [0.1, 0.15) is 0 Å². The standard InChI is InChI=1S/C17H24N2O2S/c20-17(4-3-16-2-1-11-22-16)18-12-14-5-8-19(9-6-14)15-7-10-21-13-15/h1-4,11,14-15H,5-10,12-13H2,(H,18,20)/b4-3+/t15-/m0/s1. The Morgan fingerprint density at radius 2 is 2.27 bits per heavy atom. The molecule has 2 saturated heterocycles. The number of carbonyl (C=O) groups excluding carboxylic acids is 1. The number of hydrogen-bond acceptors (Lipinski definition) is 4. The molecule has 1 atom stereocenters. The molecule has 0 aliphatic carbocycles. The van der Waals surface area contributed by atoms with Crippen LogP contribution < -0.4 is 5.32 Å². The molecule has 2 aliphatic rings. The van der Waals surface area contributed by atoms with E-state index in [1.54, 1.807) is 17.4 Å². The molecule has 3 rings (SSSR count). The van der Waals surface area contributed by atoms with Crippen LogP contribution in [-0.4, -0.2) is 49.7 Å². The largest absolute Gasteiger partial charge is 0.380 e. The van der Waals surface area contributed by atoms with Gasteiger partial charge >= 0.3 is 0 Å². The fourth-order valence-electron chi connectivity index (χ4n) is 3.18. The Bertz CT molecular complexity index is 487. The van der Waals surface area contributed by atoms with E-state index in [0.717, 1.165) is 37.7 Å². The maximum atomic E-state index is 11.8. The van der Waals surface area contributed by atoms with Gasteiger partial charge in [0.2, 0.25) is 5.91 Å². The second kappa shape index (κ2) is 7.90. The topological polar surface area (TPSA) is 41.6 Å². The van der Waals surface area contributed by atoms with Crippen molar-refractivity contribution >= 4 is 23.3 Å². The number of nitrogens with zero attached hydrogens (tertiary/aromatic N) is 1. The van der Waals surface area contributed by atoms with Crippen LogP contribution in [0, 0.1) is 5.92 Å². The van der Waals surface area contributed by atoms with Crippen LogP contribution in [0.15, 0.2) is 23.6 Å². The zero-order chi connectivity index (χ0) is 15.2. The van der Waals surface area contributed by atoms with Crippen molar-refractivity contribution < 1.29 is 9.53 Å². The summed E-state index contributed by atoms with van der Waals surface area (Å²) < 4.78 is 5.47. The minimum atomic E-state index is 0.0139. The summed E-state index contributed by atoms with van der Waals surface area (Å²) in [5.41, 5.74) is 0. The first-order chi connectivity index (χ1) is 10.8. The third-order valence-electron chi connectivity index (χ3n) is 4.58. The van der Waals surface area contributed by atoms with Crippen LogP contribution >= 0.6 is 11.3 Å². The zero-order valence-corrected chi connectivity index (χ0v) is 13.7. The summed E-state index contributed by atoms with van der Waals surface area (Å²) in [6.07, 6.45) is 7.03. The Morgan fingerprint density at radius 3 is 2.95 bits per heavy atom. The van der Waals surface area contributed by atoms with Gasteiger partial charge in [-0.15, -0.1) is 11.3 Å². The summed E-state index contributed by atoms with van der Waals surface area (Å²) in [4.78, 5) is 15.5. The molecule has 1 amide bonds. The highest BCUT2D eigenvalue weighted by molar-refractivity contribution is 7.10. The highest BCUT2D eigenvalue weighted by Gasteiger charge is 2.27. The fraction of sp³-hybridized carbons (Fsp3) is 0.588. The van der Waals surface area contributed by atoms with E-state index in [1.165, 1.54) is 19.3 Å². The van der Waals surface area contributed by atoms with Gasteiger partial charge in [-0.3, -0.25) is 9.69 Å². The maximum absolute atomic E-state index is 11.8. The third kappa shape index (κ3) is 4.41. The quantitative estimate of drug-likeness (QED) is 0.847. The molecule has 4 nitrogen and oxygen atoms in total. The van der Waals surface area contributed by atoms with Crippen molar-refractivity contribution in [2.45, 2.75) is 25.3 Å². The monoisotopic (exact) mass is 320 g/mol. The van der Waals surface area contributed by atoms with E-state index in [2.05, 4.69) is 10.2 Å². The van der Waals surface area contributed by atoms with Gasteiger partial charge in [-0.2, -0.15) is 0 Å². The zero-order valence-electron chi connectivity index (χ0n) is 12.9. The van der Waals surface area contributed by atoms with Crippen molar-refractivity contribution in [3.05, 3.63) is 28.5 Å². The molecule has 1 N–H and O–H groups in total. The van der Waals surface area contributed by atoms with Gasteiger partial charge in [0.15, 0.2) is 0 Å². The Balaban J connectivity index is 1.35. The first kappa shape index (κ1) is 15.7. The van der Waals surface area contributed by atoms with Crippen LogP contribution in [0.3, 0.4) is 0 Å². The Labute approximate surface area is 136 Å². The van der Waals surface area contributed by atoms with Crippen LogP contribution in [0.5, 0.6) is 0 Å². The van der Waals surface area contributed by atoms with Crippen molar-refractivity contribution in [3.63, 3.8) is 0 Å². The van der Waals surface area contributed by atoms with E-state index in [9.17, 15) is 4.79 Å². The van der Waals surface area contributed by atoms with E-state index in [1.807, 2.05) is 23.6 Å². The van der Waals surface area contributed by atoms with Crippen molar-refractivity contribution in [2.24, 2.45) is 5.92 Å². The van der Waals surface area contributed by atoms with Gasteiger partial charge in [0.05, 0.1) is 6.61 Å². The molecule has 0 saturated carbocycles. The maximum Gasteiger partial charge on any atom is 0.244 e. The summed E-state index contributed by atoms with van der Waals surface area (Å²) >= 11 is 1.64. The molecule has 2 aliphatic heterocycles. The van der Waals surface area contributed by atoms with E-state index in [4.69, 9.17) is 4.74 Å². The lowest BCUT2D eigenvalue weighted by molar-refractivity contribution is -0.116. The molecule has 0 radical (unpaired) electrons. The number of thiophene rings is 1. The van der Waals surface area contributed by atoms with E-state index >= 15 is 0 Å². The van der Waals surface area contributed by atoms with Gasteiger partial charge in [-0.25, -0.2) is 0 Å². The summed E-state index contributed by atoms with van der Waals surface area (Å²) in [5.74, 6) is 0.623. The molecule has 0 spiro atoms. The molecule has 0 bridgehead atoms. The second-order valence-electron chi connectivity index (χ2n) is 6.09. The Hall–Kier alpha value is -1.17. The van der Waals surface area contributed by atoms with E-state index in [-0.39, 0.29) is 5.91 Å². The molecular formula is C17H24N2O2S. The van der Waals surface area contributed by atoms with E-state index < -0.39 is 0 Å². The average molecular weight is 320 g/mol. The number of hydrogen-bond donors (Lipinski definition) is 1. The number of piperidine rings is 1. The molecule has 0 unspecified atom stereocenters. The highest BCUT2D eigenvalue weighted by atomic mass is 32.1. The number of ether oxygens (including phenoxy) is 1. The van der Waals surface area contributed by atoms with Crippen molar-refractivity contribution in [1.29, 1.82) is 0 Å². The van der Waals surface area contributed by atoms with Gasteiger partial charge in [0, 0.05) is 30.1 Å². The minimum Gasteiger partial charge on any atom is -0.380 e. The molecule has 3 heterocycles. The lowest BCUT2D eigenvalue weighted by Gasteiger charge is -2.35. The molecule has 22 heavy (non-hydrogen) atoms. The van der Waals surface area contributed by atoms with E-state index in [0.29, 0.717) is 12.0 Å². The number of amides is 1. The van der Waals surface area contributed by atoms with Gasteiger partial charge in [0.25, 0.3) is 0 Å². The molecule has 0 aromatic carbocycles. The molecule has 5 heteroatoms. The van der Waals surface area contributed by atoms with Gasteiger partial charge in [-0.1, -0.05) is 6.07 Å². The minimum absolute atomic E-state index is 0.0139. The number of rotatable bonds is 5. The van der Waals surface area contributed by atoms with Crippen LogP contribution in [0.25, 0.3) is 6.08 Å². The summed E-state index contributed by atoms with van der Waals surface area (Å²) in [6.45, 7) is 4.88. The average Bonchev–Trinajstić information content (AvgIpc) is 3.24. The lowest BCUT2D eigenvalue weighted by atomic mass is 9.95. The first-order valence-electron chi connectivity index (χ1n) is 8.12. The summed E-state index contributed by atoms with van der Waals surface area (Å²) in [7, 11) is 0. The van der Waals surface area contributed by atoms with Gasteiger partial charge < -0.3 is 10.1 Å². The Kier molecular flexibility index (Phi) is 5.64. The normalized spacial score (nSPS) is 24.1. The number of nitrogens with one attached hydrogen (secondary N) is 1. The molecular weight excluding hydrogens is 296 g/mol. The van der Waals surface area contributed by atoms with Gasteiger partial charge in [-0.05, 0) is 55.8 Å². The van der Waals surface area contributed by atoms with Crippen molar-refractivity contribution in [2.75, 3.05) is 32.8 Å². The predicted octanol–water partition coefficient (Wildman–Crippen LogP) is 2.38. The Morgan fingerprint density at radius 1 is 1.41 bits per heavy atom. The highest BCUT2D eigenvalue weighted by Crippen LogP contribution is 2.21. The third-order valence-corrected chi connectivity index (χ3v) is 5.42. The molecule has 1 aromatic rings. The second-order valence-corrected chi connectivity index (χ2v) is 7.07. The lowest BCUT2D eigenvalue weighted by Crippen LogP contribution is -2.43. The molecule has 120 valence electrons. The van der Waals surface area contributed by atoms with Crippen LogP contribution in [0.1, 0.15) is 24.1 Å². The van der Waals surface area contributed by atoms with Crippen LogP contribution in [0.4, 0.5) is 0 Å². The number of likely N-dealkylation sites (tertiary alicyclic amines) is 1. The molecule has 2 fully saturated rings. The van der Waals surface area contributed by atoms with Crippen molar-refractivity contribution in [1.82, 2.24) is 10.2 Å². The number of carbonyl (C=O) groups is 1. The predicted molar refractivity (Wildman–Crippen MR) is 89.9 cm³/mol. The summed E-state index contributed by atoms with van der Waals surface area (Å²) in [5, 5.41) is 5.05. The van der Waals surface area contributed by atoms with Crippen molar-refractivity contribution in [3.8, 4) is 0 Å². The molecule has 1 aromatic heterocycles. The smallest absolute Gasteiger partial charge is 0.244 e. The fourth-order valence-corrected chi connectivity index (χ4v) is 3.80. The SMILES string of the molecule is O=C(/C=C/c1cccs1)NCC1CCN([C@H]2CCOC2)CC1.